The summed E-state index contributed by atoms with van der Waals surface area (Å²) in [5.74, 6) is 0.857. The maximum absolute atomic E-state index is 12.5. The Hall–Kier alpha value is -2.54. The second kappa shape index (κ2) is 6.27. The molecule has 2 aromatic rings. The maximum Gasteiger partial charge on any atom is 0.187 e. The molecule has 0 saturated carbocycles. The molecular formula is C17H17NO3. The summed E-state index contributed by atoms with van der Waals surface area (Å²) in [5.41, 5.74) is 1.12. The molecule has 0 fully saturated rings. The van der Waals surface area contributed by atoms with Gasteiger partial charge in [-0.25, -0.2) is 0 Å². The summed E-state index contributed by atoms with van der Waals surface area (Å²) in [6, 6.07) is 10.8. The third-order valence-corrected chi connectivity index (χ3v) is 3.22. The third-order valence-electron chi connectivity index (χ3n) is 3.22. The van der Waals surface area contributed by atoms with E-state index in [-0.39, 0.29) is 5.78 Å². The van der Waals surface area contributed by atoms with Gasteiger partial charge in [0.25, 0.3) is 0 Å². The van der Waals surface area contributed by atoms with E-state index in [4.69, 9.17) is 9.15 Å². The quantitative estimate of drug-likeness (QED) is 0.783. The lowest BCUT2D eigenvalue weighted by atomic mass is 9.92. The van der Waals surface area contributed by atoms with Gasteiger partial charge in [0.1, 0.15) is 23.2 Å². The first-order valence-electron chi connectivity index (χ1n) is 6.80. The van der Waals surface area contributed by atoms with Crippen LogP contribution in [0.3, 0.4) is 0 Å². The van der Waals surface area contributed by atoms with Crippen LogP contribution in [0.4, 0.5) is 0 Å². The molecule has 1 aromatic heterocycles. The van der Waals surface area contributed by atoms with Crippen molar-refractivity contribution in [2.45, 2.75) is 26.7 Å². The lowest BCUT2D eigenvalue weighted by Crippen LogP contribution is -2.11. The minimum Gasteiger partial charge on any atom is -0.494 e. The molecule has 0 spiro atoms. The van der Waals surface area contributed by atoms with Gasteiger partial charge >= 0.3 is 0 Å². The fraction of sp³-hybridized carbons (Fsp3) is 0.294. The number of hydrogen-bond acceptors (Lipinski definition) is 4. The Kier molecular flexibility index (Phi) is 4.44. The molecule has 1 atom stereocenters. The molecule has 0 bridgehead atoms. The van der Waals surface area contributed by atoms with Gasteiger partial charge in [0, 0.05) is 0 Å². The Balaban J connectivity index is 2.29. The number of carbonyl (C=O) groups excluding carboxylic acids is 1. The Bertz CT molecular complexity index is 677. The van der Waals surface area contributed by atoms with Crippen molar-refractivity contribution in [2.24, 2.45) is 0 Å². The lowest BCUT2D eigenvalue weighted by molar-refractivity contribution is 0.0977. The van der Waals surface area contributed by atoms with Crippen molar-refractivity contribution in [1.29, 1.82) is 5.26 Å². The van der Waals surface area contributed by atoms with E-state index in [0.717, 1.165) is 5.75 Å². The molecule has 1 heterocycles. The summed E-state index contributed by atoms with van der Waals surface area (Å²) in [7, 11) is 0. The van der Waals surface area contributed by atoms with Crippen molar-refractivity contribution in [3.8, 4) is 11.8 Å². The van der Waals surface area contributed by atoms with E-state index >= 15 is 0 Å². The van der Waals surface area contributed by atoms with Crippen LogP contribution in [0.2, 0.25) is 0 Å². The minimum absolute atomic E-state index is 0.240. The van der Waals surface area contributed by atoms with Gasteiger partial charge in [0.15, 0.2) is 5.78 Å². The van der Waals surface area contributed by atoms with Crippen LogP contribution in [-0.2, 0) is 0 Å². The van der Waals surface area contributed by atoms with Gasteiger partial charge < -0.3 is 9.15 Å². The standard InChI is InChI=1S/C17H17NO3/c1-4-20-14-7-5-13(6-8-14)16(10-18)17(19)15-9-11(2)21-12(15)3/h5-9,16H,4H2,1-3H3. The number of rotatable bonds is 5. The predicted octanol–water partition coefficient (Wildman–Crippen LogP) is 3.79. The van der Waals surface area contributed by atoms with E-state index in [2.05, 4.69) is 6.07 Å². The highest BCUT2D eigenvalue weighted by Gasteiger charge is 2.25. The average molecular weight is 283 g/mol. The number of ketones is 1. The number of ether oxygens (including phenoxy) is 1. The normalized spacial score (nSPS) is 11.7. The van der Waals surface area contributed by atoms with E-state index in [0.29, 0.717) is 29.3 Å². The molecule has 2 rings (SSSR count). The monoisotopic (exact) mass is 283 g/mol. The average Bonchev–Trinajstić information content (AvgIpc) is 2.80. The van der Waals surface area contributed by atoms with Crippen LogP contribution >= 0.6 is 0 Å². The fourth-order valence-electron chi connectivity index (χ4n) is 2.24. The Morgan fingerprint density at radius 2 is 2.00 bits per heavy atom. The number of nitriles is 1. The van der Waals surface area contributed by atoms with E-state index in [1.807, 2.05) is 6.92 Å². The molecule has 0 saturated heterocycles. The molecule has 4 heteroatoms. The summed E-state index contributed by atoms with van der Waals surface area (Å²) in [5, 5.41) is 9.35. The van der Waals surface area contributed by atoms with E-state index in [1.54, 1.807) is 44.2 Å². The van der Waals surface area contributed by atoms with Crippen LogP contribution in [-0.4, -0.2) is 12.4 Å². The fourth-order valence-corrected chi connectivity index (χ4v) is 2.24. The first-order chi connectivity index (χ1) is 10.1. The number of furan rings is 1. The van der Waals surface area contributed by atoms with Crippen LogP contribution in [0.25, 0.3) is 0 Å². The van der Waals surface area contributed by atoms with Gasteiger partial charge in [-0.15, -0.1) is 0 Å². The Labute approximate surface area is 124 Å². The van der Waals surface area contributed by atoms with Gasteiger partial charge in [0.05, 0.1) is 18.2 Å². The zero-order chi connectivity index (χ0) is 15.4. The van der Waals surface area contributed by atoms with Crippen molar-refractivity contribution >= 4 is 5.78 Å². The topological polar surface area (TPSA) is 63.2 Å². The van der Waals surface area contributed by atoms with Gasteiger partial charge in [-0.1, -0.05) is 12.1 Å². The van der Waals surface area contributed by atoms with Crippen molar-refractivity contribution in [2.75, 3.05) is 6.61 Å². The summed E-state index contributed by atoms with van der Waals surface area (Å²) in [6.07, 6.45) is 0. The largest absolute Gasteiger partial charge is 0.494 e. The Morgan fingerprint density at radius 3 is 2.48 bits per heavy atom. The number of Topliss-reactive ketones (excluding diaryl/α,β-unsaturated/α-hetero) is 1. The third kappa shape index (κ3) is 3.14. The summed E-state index contributed by atoms with van der Waals surface area (Å²) >= 11 is 0. The van der Waals surface area contributed by atoms with Crippen LogP contribution < -0.4 is 4.74 Å². The highest BCUT2D eigenvalue weighted by Crippen LogP contribution is 2.25. The molecule has 0 N–H and O–H groups in total. The maximum atomic E-state index is 12.5. The van der Waals surface area contributed by atoms with Gasteiger partial charge in [-0.05, 0) is 44.5 Å². The van der Waals surface area contributed by atoms with Gasteiger partial charge in [-0.2, -0.15) is 5.26 Å². The van der Waals surface area contributed by atoms with Crippen LogP contribution in [0.5, 0.6) is 5.75 Å². The molecule has 0 aliphatic heterocycles. The number of benzene rings is 1. The first-order valence-corrected chi connectivity index (χ1v) is 6.80. The van der Waals surface area contributed by atoms with Gasteiger partial charge in [0.2, 0.25) is 0 Å². The molecular weight excluding hydrogens is 266 g/mol. The molecule has 0 aliphatic carbocycles. The molecule has 0 amide bonds. The van der Waals surface area contributed by atoms with Crippen LogP contribution in [0.1, 0.15) is 40.3 Å². The second-order valence-electron chi connectivity index (χ2n) is 4.76. The number of nitrogens with zero attached hydrogens (tertiary/aromatic N) is 1. The Morgan fingerprint density at radius 1 is 1.33 bits per heavy atom. The predicted molar refractivity (Wildman–Crippen MR) is 78.5 cm³/mol. The van der Waals surface area contributed by atoms with E-state index in [1.165, 1.54) is 0 Å². The minimum atomic E-state index is -0.837. The highest BCUT2D eigenvalue weighted by molar-refractivity contribution is 6.03. The molecule has 1 unspecified atom stereocenters. The molecule has 0 radical (unpaired) electrons. The summed E-state index contributed by atoms with van der Waals surface area (Å²) < 4.78 is 10.7. The van der Waals surface area contributed by atoms with E-state index in [9.17, 15) is 10.1 Å². The summed E-state index contributed by atoms with van der Waals surface area (Å²) in [6.45, 7) is 5.99. The first kappa shape index (κ1) is 14.9. The summed E-state index contributed by atoms with van der Waals surface area (Å²) in [4.78, 5) is 12.5. The number of aryl methyl sites for hydroxylation is 2. The molecule has 108 valence electrons. The molecule has 0 aliphatic rings. The highest BCUT2D eigenvalue weighted by atomic mass is 16.5. The molecule has 21 heavy (non-hydrogen) atoms. The zero-order valence-corrected chi connectivity index (χ0v) is 12.3. The van der Waals surface area contributed by atoms with Crippen molar-refractivity contribution in [1.82, 2.24) is 0 Å². The smallest absolute Gasteiger partial charge is 0.187 e. The van der Waals surface area contributed by atoms with E-state index < -0.39 is 5.92 Å². The lowest BCUT2D eigenvalue weighted by Gasteiger charge is -2.09. The zero-order valence-electron chi connectivity index (χ0n) is 12.3. The SMILES string of the molecule is CCOc1ccc(C(C#N)C(=O)c2cc(C)oc2C)cc1. The second-order valence-corrected chi connectivity index (χ2v) is 4.76. The van der Waals surface area contributed by atoms with Crippen LogP contribution in [0, 0.1) is 25.2 Å². The molecule has 1 aromatic carbocycles. The van der Waals surface area contributed by atoms with Crippen molar-refractivity contribution < 1.29 is 13.9 Å². The number of carbonyl (C=O) groups is 1. The molecule has 4 nitrogen and oxygen atoms in total. The van der Waals surface area contributed by atoms with Crippen molar-refractivity contribution in [3.05, 3.63) is 53.0 Å². The van der Waals surface area contributed by atoms with Crippen LogP contribution in [0.15, 0.2) is 34.7 Å². The van der Waals surface area contributed by atoms with Gasteiger partial charge in [-0.3, -0.25) is 4.79 Å². The van der Waals surface area contributed by atoms with Crippen molar-refractivity contribution in [3.63, 3.8) is 0 Å². The number of hydrogen-bond donors (Lipinski definition) is 0.